The van der Waals surface area contributed by atoms with E-state index in [4.69, 9.17) is 18.0 Å². The number of thiocarbonyl (C=S) groups is 1. The number of hydrogen-bond donors (Lipinski definition) is 2. The molecule has 1 fully saturated rings. The molecule has 0 spiro atoms. The molecular weight excluding hydrogens is 270 g/mol. The van der Waals surface area contributed by atoms with Crippen molar-refractivity contribution in [3.05, 3.63) is 24.0 Å². The number of hydrogen-bond acceptors (Lipinski definition) is 5. The van der Waals surface area contributed by atoms with Crippen LogP contribution in [0.2, 0.25) is 0 Å². The van der Waals surface area contributed by atoms with Crippen LogP contribution >= 0.6 is 12.2 Å². The molecule has 0 saturated carbocycles. The third-order valence-electron chi connectivity index (χ3n) is 3.02. The van der Waals surface area contributed by atoms with Gasteiger partial charge in [0.2, 0.25) is 0 Å². The second-order valence-corrected chi connectivity index (χ2v) is 7.12. The zero-order valence-corrected chi connectivity index (χ0v) is 11.4. The van der Waals surface area contributed by atoms with Gasteiger partial charge in [-0.25, -0.2) is 8.42 Å². The third-order valence-corrected chi connectivity index (χ3v) is 5.49. The number of aromatic nitrogens is 1. The van der Waals surface area contributed by atoms with Gasteiger partial charge in [-0.15, -0.1) is 0 Å². The predicted octanol–water partition coefficient (Wildman–Crippen LogP) is 0.705. The summed E-state index contributed by atoms with van der Waals surface area (Å²) in [6, 6.07) is 3.55. The Kier molecular flexibility index (Phi) is 3.82. The lowest BCUT2D eigenvalue weighted by molar-refractivity contribution is 0.591. The lowest BCUT2D eigenvalue weighted by Gasteiger charge is -2.13. The van der Waals surface area contributed by atoms with E-state index in [1.165, 1.54) is 0 Å². The summed E-state index contributed by atoms with van der Waals surface area (Å²) in [5, 5.41) is 2.76. The Morgan fingerprint density at radius 1 is 1.61 bits per heavy atom. The van der Waals surface area contributed by atoms with Crippen molar-refractivity contribution in [3.63, 3.8) is 0 Å². The van der Waals surface area contributed by atoms with Gasteiger partial charge in [-0.2, -0.15) is 0 Å². The highest BCUT2D eigenvalue weighted by Crippen LogP contribution is 2.21. The highest BCUT2D eigenvalue weighted by Gasteiger charge is 2.30. The van der Waals surface area contributed by atoms with Crippen molar-refractivity contribution in [3.8, 4) is 0 Å². The van der Waals surface area contributed by atoms with E-state index in [0.29, 0.717) is 24.3 Å². The summed E-state index contributed by atoms with van der Waals surface area (Å²) in [6.45, 7) is 0.379. The van der Waals surface area contributed by atoms with Crippen LogP contribution in [0.4, 0.5) is 5.69 Å². The molecule has 2 heterocycles. The SMILES string of the molecule is NC(=S)c1ncccc1NCC1CCCS1(=O)=O. The van der Waals surface area contributed by atoms with Crippen LogP contribution in [0.3, 0.4) is 0 Å². The Labute approximate surface area is 112 Å². The van der Waals surface area contributed by atoms with Gasteiger partial charge in [-0.1, -0.05) is 12.2 Å². The summed E-state index contributed by atoms with van der Waals surface area (Å²) in [4.78, 5) is 4.28. The fourth-order valence-corrected chi connectivity index (χ4v) is 3.98. The molecule has 18 heavy (non-hydrogen) atoms. The molecule has 0 aliphatic carbocycles. The van der Waals surface area contributed by atoms with Gasteiger partial charge < -0.3 is 11.1 Å². The molecule has 0 aromatic carbocycles. The Morgan fingerprint density at radius 2 is 2.39 bits per heavy atom. The van der Waals surface area contributed by atoms with E-state index in [1.807, 2.05) is 0 Å². The van der Waals surface area contributed by atoms with E-state index < -0.39 is 9.84 Å². The lowest BCUT2D eigenvalue weighted by atomic mass is 10.2. The van der Waals surface area contributed by atoms with Gasteiger partial charge in [0.15, 0.2) is 9.84 Å². The van der Waals surface area contributed by atoms with Gasteiger partial charge in [-0.05, 0) is 25.0 Å². The molecular formula is C11H15N3O2S2. The largest absolute Gasteiger partial charge is 0.388 e. The summed E-state index contributed by atoms with van der Waals surface area (Å²) in [5.74, 6) is 0.286. The molecule has 1 aromatic heterocycles. The Morgan fingerprint density at radius 3 is 3.00 bits per heavy atom. The molecule has 7 heteroatoms. The standard InChI is InChI=1S/C11H15N3O2S2/c12-11(17)10-9(4-1-5-13-10)14-7-8-3-2-6-18(8,15)16/h1,4-5,8,14H,2-3,6-7H2,(H2,12,17). The second kappa shape index (κ2) is 5.19. The van der Waals surface area contributed by atoms with Crippen LogP contribution < -0.4 is 11.1 Å². The number of nitrogens with zero attached hydrogens (tertiary/aromatic N) is 1. The van der Waals surface area contributed by atoms with Crippen LogP contribution in [0.15, 0.2) is 18.3 Å². The van der Waals surface area contributed by atoms with Crippen molar-refractivity contribution >= 4 is 32.7 Å². The molecule has 5 nitrogen and oxygen atoms in total. The van der Waals surface area contributed by atoms with Crippen LogP contribution in [0.25, 0.3) is 0 Å². The molecule has 1 unspecified atom stereocenters. The maximum absolute atomic E-state index is 11.7. The zero-order valence-electron chi connectivity index (χ0n) is 9.80. The summed E-state index contributed by atoms with van der Waals surface area (Å²) in [6.07, 6.45) is 3.05. The highest BCUT2D eigenvalue weighted by atomic mass is 32.2. The average molecular weight is 285 g/mol. The highest BCUT2D eigenvalue weighted by molar-refractivity contribution is 7.92. The summed E-state index contributed by atoms with van der Waals surface area (Å²) in [7, 11) is -2.94. The molecule has 1 aliphatic rings. The zero-order chi connectivity index (χ0) is 13.2. The van der Waals surface area contributed by atoms with Crippen LogP contribution in [-0.2, 0) is 9.84 Å². The molecule has 2 rings (SSSR count). The number of sulfone groups is 1. The van der Waals surface area contributed by atoms with Crippen LogP contribution in [-0.4, -0.2) is 35.9 Å². The predicted molar refractivity (Wildman–Crippen MR) is 75.4 cm³/mol. The van der Waals surface area contributed by atoms with Gasteiger partial charge in [-0.3, -0.25) is 4.98 Å². The summed E-state index contributed by atoms with van der Waals surface area (Å²) in [5.41, 5.74) is 6.75. The van der Waals surface area contributed by atoms with Gasteiger partial charge in [0, 0.05) is 12.7 Å². The topological polar surface area (TPSA) is 85.1 Å². The second-order valence-electron chi connectivity index (χ2n) is 4.28. The average Bonchev–Trinajstić information content (AvgIpc) is 2.66. The summed E-state index contributed by atoms with van der Waals surface area (Å²) >= 11 is 4.90. The fraction of sp³-hybridized carbons (Fsp3) is 0.455. The normalized spacial score (nSPS) is 21.7. The Hall–Kier alpha value is -1.21. The smallest absolute Gasteiger partial charge is 0.154 e. The first-order chi connectivity index (χ1) is 8.50. The molecule has 1 aromatic rings. The maximum Gasteiger partial charge on any atom is 0.154 e. The van der Waals surface area contributed by atoms with Crippen LogP contribution in [0, 0.1) is 0 Å². The van der Waals surface area contributed by atoms with Crippen LogP contribution in [0.1, 0.15) is 18.5 Å². The van der Waals surface area contributed by atoms with E-state index in [2.05, 4.69) is 10.3 Å². The van der Waals surface area contributed by atoms with Crippen molar-refractivity contribution in [2.24, 2.45) is 5.73 Å². The summed E-state index contributed by atoms with van der Waals surface area (Å²) < 4.78 is 23.4. The monoisotopic (exact) mass is 285 g/mol. The third kappa shape index (κ3) is 2.78. The Balaban J connectivity index is 2.09. The number of nitrogens with one attached hydrogen (secondary N) is 1. The molecule has 98 valence electrons. The van der Waals surface area contributed by atoms with Gasteiger partial charge >= 0.3 is 0 Å². The maximum atomic E-state index is 11.7. The first-order valence-corrected chi connectivity index (χ1v) is 7.83. The minimum atomic E-state index is -2.94. The van der Waals surface area contributed by atoms with E-state index in [0.717, 1.165) is 6.42 Å². The molecule has 1 atom stereocenters. The molecule has 1 aliphatic heterocycles. The van der Waals surface area contributed by atoms with E-state index in [9.17, 15) is 8.42 Å². The van der Waals surface area contributed by atoms with Crippen molar-refractivity contribution < 1.29 is 8.42 Å². The quantitative estimate of drug-likeness (QED) is 0.792. The number of anilines is 1. The van der Waals surface area contributed by atoms with E-state index in [-0.39, 0.29) is 16.0 Å². The van der Waals surface area contributed by atoms with Crippen molar-refractivity contribution in [2.75, 3.05) is 17.6 Å². The molecule has 0 amide bonds. The molecule has 0 radical (unpaired) electrons. The minimum Gasteiger partial charge on any atom is -0.388 e. The van der Waals surface area contributed by atoms with Crippen molar-refractivity contribution in [1.82, 2.24) is 4.98 Å². The molecule has 1 saturated heterocycles. The fourth-order valence-electron chi connectivity index (χ4n) is 2.06. The lowest BCUT2D eigenvalue weighted by Crippen LogP contribution is -2.26. The van der Waals surface area contributed by atoms with Crippen molar-refractivity contribution in [1.29, 1.82) is 0 Å². The van der Waals surface area contributed by atoms with Crippen LogP contribution in [0.5, 0.6) is 0 Å². The molecule has 3 N–H and O–H groups in total. The Bertz CT molecular complexity index is 557. The van der Waals surface area contributed by atoms with Gasteiger partial charge in [0.1, 0.15) is 10.7 Å². The number of rotatable bonds is 4. The first-order valence-electron chi connectivity index (χ1n) is 5.71. The van der Waals surface area contributed by atoms with Gasteiger partial charge in [0.05, 0.1) is 16.7 Å². The van der Waals surface area contributed by atoms with E-state index >= 15 is 0 Å². The van der Waals surface area contributed by atoms with Crippen molar-refractivity contribution in [2.45, 2.75) is 18.1 Å². The first kappa shape index (κ1) is 13.2. The number of nitrogens with two attached hydrogens (primary N) is 1. The molecule has 0 bridgehead atoms. The van der Waals surface area contributed by atoms with E-state index in [1.54, 1.807) is 18.3 Å². The van der Waals surface area contributed by atoms with Gasteiger partial charge in [0.25, 0.3) is 0 Å². The number of pyridine rings is 1. The minimum absolute atomic E-state index is 0.201.